The average Bonchev–Trinajstić information content (AvgIpc) is 3.56. The minimum Gasteiger partial charge on any atom is -0.477 e. The van der Waals surface area contributed by atoms with Gasteiger partial charge in [0, 0.05) is 12.6 Å². The number of para-hydroxylation sites is 3. The van der Waals surface area contributed by atoms with Gasteiger partial charge in [-0.1, -0.05) is 24.3 Å². The molecule has 7 heteroatoms. The van der Waals surface area contributed by atoms with Crippen LogP contribution in [-0.2, 0) is 6.54 Å². The van der Waals surface area contributed by atoms with Crippen molar-refractivity contribution in [3.8, 4) is 5.88 Å². The summed E-state index contributed by atoms with van der Waals surface area (Å²) in [7, 11) is 4.10. The van der Waals surface area contributed by atoms with Gasteiger partial charge in [-0.05, 0) is 57.6 Å². The summed E-state index contributed by atoms with van der Waals surface area (Å²) in [6, 6.07) is 16.1. The minimum atomic E-state index is 0.00825. The van der Waals surface area contributed by atoms with Gasteiger partial charge in [-0.25, -0.2) is 9.78 Å². The highest BCUT2D eigenvalue weighted by atomic mass is 16.5. The van der Waals surface area contributed by atoms with E-state index in [0.717, 1.165) is 47.7 Å². The maximum absolute atomic E-state index is 13.2. The molecule has 0 radical (unpaired) electrons. The first kappa shape index (κ1) is 19.8. The molecule has 7 nitrogen and oxygen atoms in total. The second kappa shape index (κ2) is 8.15. The molecule has 0 saturated heterocycles. The molecule has 0 bridgehead atoms. The van der Waals surface area contributed by atoms with E-state index in [-0.39, 0.29) is 5.69 Å². The molecule has 0 N–H and O–H groups in total. The summed E-state index contributed by atoms with van der Waals surface area (Å²) >= 11 is 0. The van der Waals surface area contributed by atoms with Crippen LogP contribution in [0.4, 0.5) is 0 Å². The molecule has 2 aromatic carbocycles. The predicted molar refractivity (Wildman–Crippen MR) is 122 cm³/mol. The van der Waals surface area contributed by atoms with Crippen LogP contribution in [0.15, 0.2) is 53.3 Å². The van der Waals surface area contributed by atoms with Crippen molar-refractivity contribution in [1.29, 1.82) is 0 Å². The molecular formula is C24H27N5O2. The number of fused-ring (bicyclic) bond motifs is 2. The first-order valence-corrected chi connectivity index (χ1v) is 10.8. The number of hydrogen-bond acceptors (Lipinski definition) is 5. The van der Waals surface area contributed by atoms with Crippen LogP contribution < -0.4 is 10.4 Å². The van der Waals surface area contributed by atoms with Gasteiger partial charge in [0.15, 0.2) is 5.82 Å². The van der Waals surface area contributed by atoms with Crippen LogP contribution >= 0.6 is 0 Å². The number of imidazole rings is 1. The molecule has 4 aromatic rings. The Morgan fingerprint density at radius 1 is 1.03 bits per heavy atom. The van der Waals surface area contributed by atoms with Crippen molar-refractivity contribution in [2.45, 2.75) is 31.8 Å². The van der Waals surface area contributed by atoms with Gasteiger partial charge < -0.3 is 9.64 Å². The average molecular weight is 418 g/mol. The van der Waals surface area contributed by atoms with Gasteiger partial charge in [-0.3, -0.25) is 9.13 Å². The van der Waals surface area contributed by atoms with Crippen molar-refractivity contribution in [1.82, 2.24) is 24.0 Å². The zero-order chi connectivity index (χ0) is 21.4. The number of aromatic nitrogens is 4. The van der Waals surface area contributed by atoms with Gasteiger partial charge in [0.2, 0.25) is 5.88 Å². The lowest BCUT2D eigenvalue weighted by molar-refractivity contribution is 0.275. The molecule has 2 aromatic heterocycles. The molecule has 0 amide bonds. The van der Waals surface area contributed by atoms with Crippen LogP contribution in [0.3, 0.4) is 0 Å². The topological polar surface area (TPSA) is 65.2 Å². The van der Waals surface area contributed by atoms with Crippen molar-refractivity contribution in [3.05, 3.63) is 64.8 Å². The van der Waals surface area contributed by atoms with Crippen molar-refractivity contribution < 1.29 is 4.74 Å². The third-order valence-electron chi connectivity index (χ3n) is 5.68. The molecule has 2 heterocycles. The fourth-order valence-electron chi connectivity index (χ4n) is 4.04. The predicted octanol–water partition coefficient (Wildman–Crippen LogP) is 3.46. The Morgan fingerprint density at radius 3 is 2.55 bits per heavy atom. The van der Waals surface area contributed by atoms with Crippen LogP contribution in [0.1, 0.15) is 31.1 Å². The monoisotopic (exact) mass is 417 g/mol. The van der Waals surface area contributed by atoms with E-state index in [0.29, 0.717) is 30.9 Å². The van der Waals surface area contributed by atoms with E-state index in [4.69, 9.17) is 14.7 Å². The lowest BCUT2D eigenvalue weighted by atomic mass is 10.2. The summed E-state index contributed by atoms with van der Waals surface area (Å²) in [4.78, 5) is 24.8. The molecule has 0 aliphatic heterocycles. The van der Waals surface area contributed by atoms with Gasteiger partial charge in [-0.15, -0.1) is 0 Å². The standard InChI is InChI=1S/C24H27N5O2/c1-27(2)14-7-15-31-23-18-8-3-4-9-19(18)25-22(26-23)16-28-20-10-5-6-11-21(20)29(24(28)30)17-12-13-17/h3-6,8-11,17H,7,12-16H2,1-2H3. The summed E-state index contributed by atoms with van der Waals surface area (Å²) in [5.74, 6) is 1.17. The highest BCUT2D eigenvalue weighted by Crippen LogP contribution is 2.36. The SMILES string of the molecule is CN(C)CCCOc1nc(Cn2c(=O)n(C3CC3)c3ccccc32)nc2ccccc12. The number of ether oxygens (including phenoxy) is 1. The van der Waals surface area contributed by atoms with Gasteiger partial charge >= 0.3 is 5.69 Å². The summed E-state index contributed by atoms with van der Waals surface area (Å²) < 4.78 is 9.76. The fraction of sp³-hybridized carbons (Fsp3) is 0.375. The number of benzene rings is 2. The van der Waals surface area contributed by atoms with E-state index in [1.54, 1.807) is 4.57 Å². The van der Waals surface area contributed by atoms with Crippen LogP contribution in [0.25, 0.3) is 21.9 Å². The van der Waals surface area contributed by atoms with Crippen LogP contribution in [0, 0.1) is 0 Å². The first-order valence-electron chi connectivity index (χ1n) is 10.8. The second-order valence-corrected chi connectivity index (χ2v) is 8.43. The number of rotatable bonds is 8. The Morgan fingerprint density at radius 2 is 1.77 bits per heavy atom. The minimum absolute atomic E-state index is 0.00825. The fourth-order valence-corrected chi connectivity index (χ4v) is 4.04. The molecule has 31 heavy (non-hydrogen) atoms. The third kappa shape index (κ3) is 3.93. The molecule has 0 atom stereocenters. The lowest BCUT2D eigenvalue weighted by Crippen LogP contribution is -2.25. The van der Waals surface area contributed by atoms with Gasteiger partial charge in [-0.2, -0.15) is 4.98 Å². The smallest absolute Gasteiger partial charge is 0.329 e. The molecule has 160 valence electrons. The van der Waals surface area contributed by atoms with Crippen LogP contribution in [0.2, 0.25) is 0 Å². The first-order chi connectivity index (χ1) is 15.1. The van der Waals surface area contributed by atoms with Crippen molar-refractivity contribution >= 4 is 21.9 Å². The van der Waals surface area contributed by atoms with Gasteiger partial charge in [0.1, 0.15) is 0 Å². The summed E-state index contributed by atoms with van der Waals surface area (Å²) in [5.41, 5.74) is 2.74. The molecule has 1 aliphatic carbocycles. The van der Waals surface area contributed by atoms with Crippen molar-refractivity contribution in [2.24, 2.45) is 0 Å². The highest BCUT2D eigenvalue weighted by molar-refractivity contribution is 5.83. The Kier molecular flexibility index (Phi) is 5.19. The Balaban J connectivity index is 1.51. The zero-order valence-corrected chi connectivity index (χ0v) is 18.0. The Bertz CT molecular complexity index is 1290. The molecule has 5 rings (SSSR count). The molecule has 0 spiro atoms. The zero-order valence-electron chi connectivity index (χ0n) is 18.0. The summed E-state index contributed by atoms with van der Waals surface area (Å²) in [6.45, 7) is 1.85. The second-order valence-electron chi connectivity index (χ2n) is 8.43. The van der Waals surface area contributed by atoms with E-state index in [9.17, 15) is 4.79 Å². The van der Waals surface area contributed by atoms with E-state index < -0.39 is 0 Å². The lowest BCUT2D eigenvalue weighted by Gasteiger charge is -2.12. The van der Waals surface area contributed by atoms with Crippen molar-refractivity contribution in [2.75, 3.05) is 27.2 Å². The Hall–Kier alpha value is -3.19. The van der Waals surface area contributed by atoms with Crippen LogP contribution in [0.5, 0.6) is 5.88 Å². The maximum Gasteiger partial charge on any atom is 0.329 e. The molecule has 1 saturated carbocycles. The normalized spacial score (nSPS) is 14.0. The molecule has 1 fully saturated rings. The Labute approximate surface area is 180 Å². The quantitative estimate of drug-likeness (QED) is 0.411. The van der Waals surface area contributed by atoms with E-state index in [1.807, 2.05) is 67.2 Å². The largest absolute Gasteiger partial charge is 0.477 e. The summed E-state index contributed by atoms with van der Waals surface area (Å²) in [6.07, 6.45) is 3.03. The van der Waals surface area contributed by atoms with E-state index in [1.165, 1.54) is 0 Å². The highest BCUT2D eigenvalue weighted by Gasteiger charge is 2.29. The number of nitrogens with zero attached hydrogens (tertiary/aromatic N) is 5. The van der Waals surface area contributed by atoms with Crippen molar-refractivity contribution in [3.63, 3.8) is 0 Å². The number of hydrogen-bond donors (Lipinski definition) is 0. The van der Waals surface area contributed by atoms with Gasteiger partial charge in [0.25, 0.3) is 0 Å². The molecule has 1 aliphatic rings. The molecule has 0 unspecified atom stereocenters. The van der Waals surface area contributed by atoms with E-state index >= 15 is 0 Å². The van der Waals surface area contributed by atoms with E-state index in [2.05, 4.69) is 4.90 Å². The van der Waals surface area contributed by atoms with Crippen LogP contribution in [-0.4, -0.2) is 51.2 Å². The van der Waals surface area contributed by atoms with Gasteiger partial charge in [0.05, 0.1) is 35.1 Å². The third-order valence-corrected chi connectivity index (χ3v) is 5.68. The molecular weight excluding hydrogens is 390 g/mol. The maximum atomic E-state index is 13.2. The summed E-state index contributed by atoms with van der Waals surface area (Å²) in [5, 5.41) is 0.892.